The summed E-state index contributed by atoms with van der Waals surface area (Å²) in [5.41, 5.74) is 3.38. The minimum atomic E-state index is -0.499. The van der Waals surface area contributed by atoms with Crippen molar-refractivity contribution < 1.29 is 9.53 Å². The third-order valence-corrected chi connectivity index (χ3v) is 4.35. The molecule has 2 aromatic rings. The molecule has 1 heterocycles. The maximum Gasteiger partial charge on any atom is 0.267 e. The fraction of sp³-hybridized carbons (Fsp3) is 0.350. The summed E-state index contributed by atoms with van der Waals surface area (Å²) in [5, 5.41) is 0. The predicted molar refractivity (Wildman–Crippen MR) is 93.1 cm³/mol. The van der Waals surface area contributed by atoms with Crippen LogP contribution in [0.5, 0.6) is 5.75 Å². The summed E-state index contributed by atoms with van der Waals surface area (Å²) in [6.45, 7) is 6.83. The number of benzene rings is 2. The van der Waals surface area contributed by atoms with Gasteiger partial charge in [0.2, 0.25) is 0 Å². The average Bonchev–Trinajstić information content (AvgIpc) is 2.98. The monoisotopic (exact) mass is 309 g/mol. The van der Waals surface area contributed by atoms with Crippen molar-refractivity contribution in [1.29, 1.82) is 0 Å². The van der Waals surface area contributed by atoms with Crippen molar-refractivity contribution in [3.05, 3.63) is 59.7 Å². The number of ether oxygens (including phenoxy) is 1. The highest BCUT2D eigenvalue weighted by Gasteiger charge is 2.29. The molecule has 0 aromatic heterocycles. The normalized spacial score (nSPS) is 14.7. The van der Waals surface area contributed by atoms with Crippen LogP contribution >= 0.6 is 0 Å². The number of nitrogens with zero attached hydrogens (tertiary/aromatic N) is 1. The number of fused-ring (bicyclic) bond motifs is 1. The van der Waals surface area contributed by atoms with E-state index in [-0.39, 0.29) is 5.91 Å². The van der Waals surface area contributed by atoms with Crippen LogP contribution in [0.1, 0.15) is 37.8 Å². The maximum absolute atomic E-state index is 12.8. The minimum Gasteiger partial charge on any atom is -0.481 e. The van der Waals surface area contributed by atoms with Gasteiger partial charge in [-0.2, -0.15) is 0 Å². The number of amides is 1. The van der Waals surface area contributed by atoms with Crippen molar-refractivity contribution in [2.45, 2.75) is 39.2 Å². The molecule has 2 aromatic carbocycles. The highest BCUT2D eigenvalue weighted by Crippen LogP contribution is 2.30. The van der Waals surface area contributed by atoms with Crippen molar-refractivity contribution in [3.8, 4) is 5.75 Å². The van der Waals surface area contributed by atoms with Gasteiger partial charge < -0.3 is 9.64 Å². The number of hydrogen-bond donors (Lipinski definition) is 0. The van der Waals surface area contributed by atoms with Gasteiger partial charge in [-0.05, 0) is 42.5 Å². The SMILES string of the molecule is CC(C)c1ccccc1O[C@@H](C)C(=O)N1CCc2ccccc21. The van der Waals surface area contributed by atoms with E-state index in [1.165, 1.54) is 5.56 Å². The summed E-state index contributed by atoms with van der Waals surface area (Å²) in [4.78, 5) is 14.6. The highest BCUT2D eigenvalue weighted by molar-refractivity contribution is 5.98. The zero-order valence-corrected chi connectivity index (χ0v) is 14.0. The van der Waals surface area contributed by atoms with Crippen molar-refractivity contribution in [1.82, 2.24) is 0 Å². The summed E-state index contributed by atoms with van der Waals surface area (Å²) in [6, 6.07) is 16.0. The second-order valence-corrected chi connectivity index (χ2v) is 6.32. The summed E-state index contributed by atoms with van der Waals surface area (Å²) >= 11 is 0. The molecular weight excluding hydrogens is 286 g/mol. The lowest BCUT2D eigenvalue weighted by atomic mass is 10.0. The van der Waals surface area contributed by atoms with E-state index in [1.54, 1.807) is 0 Å². The smallest absolute Gasteiger partial charge is 0.267 e. The van der Waals surface area contributed by atoms with Gasteiger partial charge in [0.05, 0.1) is 0 Å². The first-order valence-corrected chi connectivity index (χ1v) is 8.23. The Morgan fingerprint density at radius 2 is 1.74 bits per heavy atom. The molecular formula is C20H23NO2. The van der Waals surface area contributed by atoms with Crippen LogP contribution in [-0.4, -0.2) is 18.6 Å². The molecule has 3 rings (SSSR count). The van der Waals surface area contributed by atoms with Crippen LogP contribution in [-0.2, 0) is 11.2 Å². The van der Waals surface area contributed by atoms with Crippen molar-refractivity contribution in [2.75, 3.05) is 11.4 Å². The Morgan fingerprint density at radius 3 is 2.52 bits per heavy atom. The molecule has 0 unspecified atom stereocenters. The zero-order chi connectivity index (χ0) is 16.4. The van der Waals surface area contributed by atoms with Crippen LogP contribution < -0.4 is 9.64 Å². The van der Waals surface area contributed by atoms with Gasteiger partial charge >= 0.3 is 0 Å². The molecule has 1 atom stereocenters. The van der Waals surface area contributed by atoms with Gasteiger partial charge in [-0.15, -0.1) is 0 Å². The van der Waals surface area contributed by atoms with Gasteiger partial charge in [-0.3, -0.25) is 4.79 Å². The molecule has 0 radical (unpaired) electrons. The number of anilines is 1. The highest BCUT2D eigenvalue weighted by atomic mass is 16.5. The molecule has 0 saturated heterocycles. The van der Waals surface area contributed by atoms with E-state index in [0.29, 0.717) is 5.92 Å². The van der Waals surface area contributed by atoms with Crippen molar-refractivity contribution >= 4 is 11.6 Å². The quantitative estimate of drug-likeness (QED) is 0.848. The van der Waals surface area contributed by atoms with Gasteiger partial charge in [0, 0.05) is 12.2 Å². The third kappa shape index (κ3) is 3.09. The summed E-state index contributed by atoms with van der Waals surface area (Å²) in [7, 11) is 0. The minimum absolute atomic E-state index is 0.0218. The first kappa shape index (κ1) is 15.6. The molecule has 3 heteroatoms. The Kier molecular flexibility index (Phi) is 4.37. The van der Waals surface area contributed by atoms with Crippen LogP contribution in [0.4, 0.5) is 5.69 Å². The lowest BCUT2D eigenvalue weighted by Gasteiger charge is -2.24. The third-order valence-electron chi connectivity index (χ3n) is 4.35. The molecule has 1 aliphatic rings. The van der Waals surface area contributed by atoms with Crippen molar-refractivity contribution in [3.63, 3.8) is 0 Å². The van der Waals surface area contributed by atoms with Gasteiger partial charge in [0.25, 0.3) is 5.91 Å². The predicted octanol–water partition coefficient (Wildman–Crippen LogP) is 4.17. The molecule has 1 aliphatic heterocycles. The number of para-hydroxylation sites is 2. The molecule has 1 amide bonds. The number of hydrogen-bond acceptors (Lipinski definition) is 2. The lowest BCUT2D eigenvalue weighted by Crippen LogP contribution is -2.39. The Balaban J connectivity index is 1.77. The molecule has 0 bridgehead atoms. The van der Waals surface area contributed by atoms with E-state index in [2.05, 4.69) is 26.0 Å². The first-order chi connectivity index (χ1) is 11.1. The van der Waals surface area contributed by atoms with Crippen LogP contribution in [0.2, 0.25) is 0 Å². The first-order valence-electron chi connectivity index (χ1n) is 8.23. The van der Waals surface area contributed by atoms with Gasteiger partial charge in [0.1, 0.15) is 5.75 Å². The molecule has 3 nitrogen and oxygen atoms in total. The van der Waals surface area contributed by atoms with Crippen LogP contribution in [0.3, 0.4) is 0 Å². The second kappa shape index (κ2) is 6.45. The molecule has 0 aliphatic carbocycles. The molecule has 0 spiro atoms. The van der Waals surface area contributed by atoms with E-state index in [9.17, 15) is 4.79 Å². The lowest BCUT2D eigenvalue weighted by molar-refractivity contribution is -0.124. The van der Waals surface area contributed by atoms with E-state index >= 15 is 0 Å². The van der Waals surface area contributed by atoms with E-state index in [1.807, 2.05) is 48.2 Å². The standard InChI is InChI=1S/C20H23NO2/c1-14(2)17-9-5-7-11-19(17)23-15(3)20(22)21-13-12-16-8-4-6-10-18(16)21/h4-11,14-15H,12-13H2,1-3H3/t15-/m0/s1. The van der Waals surface area contributed by atoms with Crippen LogP contribution in [0.25, 0.3) is 0 Å². The summed E-state index contributed by atoms with van der Waals surface area (Å²) < 4.78 is 6.00. The van der Waals surface area contributed by atoms with Gasteiger partial charge in [-0.1, -0.05) is 50.2 Å². The van der Waals surface area contributed by atoms with Gasteiger partial charge in [0.15, 0.2) is 6.10 Å². The average molecular weight is 309 g/mol. The van der Waals surface area contributed by atoms with E-state index in [4.69, 9.17) is 4.74 Å². The molecule has 120 valence electrons. The Labute approximate surface area is 137 Å². The molecule has 0 N–H and O–H groups in total. The summed E-state index contributed by atoms with van der Waals surface area (Å²) in [5.74, 6) is 1.19. The Morgan fingerprint density at radius 1 is 1.04 bits per heavy atom. The van der Waals surface area contributed by atoms with E-state index < -0.39 is 6.10 Å². The topological polar surface area (TPSA) is 29.5 Å². The zero-order valence-electron chi connectivity index (χ0n) is 14.0. The molecule has 0 saturated carbocycles. The largest absolute Gasteiger partial charge is 0.481 e. The fourth-order valence-corrected chi connectivity index (χ4v) is 3.09. The van der Waals surface area contributed by atoms with Crippen LogP contribution in [0.15, 0.2) is 48.5 Å². The maximum atomic E-state index is 12.8. The van der Waals surface area contributed by atoms with Crippen molar-refractivity contribution in [2.24, 2.45) is 0 Å². The summed E-state index contributed by atoms with van der Waals surface area (Å²) in [6.07, 6.45) is 0.415. The van der Waals surface area contributed by atoms with E-state index in [0.717, 1.165) is 30.0 Å². The van der Waals surface area contributed by atoms with Gasteiger partial charge in [-0.25, -0.2) is 0 Å². The molecule has 0 fully saturated rings. The van der Waals surface area contributed by atoms with Crippen LogP contribution in [0, 0.1) is 0 Å². The number of carbonyl (C=O) groups excluding carboxylic acids is 1. The Bertz CT molecular complexity index is 708. The second-order valence-electron chi connectivity index (χ2n) is 6.32. The molecule has 23 heavy (non-hydrogen) atoms. The fourth-order valence-electron chi connectivity index (χ4n) is 3.09. The Hall–Kier alpha value is -2.29. The number of carbonyl (C=O) groups is 1. The number of rotatable bonds is 4.